The van der Waals surface area contributed by atoms with Crippen LogP contribution in [0.5, 0.6) is 5.75 Å². The molecule has 2 rings (SSSR count). The van der Waals surface area contributed by atoms with E-state index in [4.69, 9.17) is 9.47 Å². The van der Waals surface area contributed by atoms with Gasteiger partial charge < -0.3 is 14.6 Å². The first-order valence-electron chi connectivity index (χ1n) is 8.81. The van der Waals surface area contributed by atoms with Gasteiger partial charge in [-0.25, -0.2) is 4.79 Å². The van der Waals surface area contributed by atoms with Gasteiger partial charge in [-0.15, -0.1) is 0 Å². The van der Waals surface area contributed by atoms with E-state index in [1.807, 2.05) is 73.7 Å². The van der Waals surface area contributed by atoms with Crippen molar-refractivity contribution in [1.29, 1.82) is 0 Å². The SMILES string of the molecule is C[C@H](O)[C@H](C)C/C=C/c1ccc(OCC(=O)OCc2ccccc2)cc1. The van der Waals surface area contributed by atoms with E-state index in [0.717, 1.165) is 17.5 Å². The summed E-state index contributed by atoms with van der Waals surface area (Å²) in [5.74, 6) is 0.455. The number of allylic oxidation sites excluding steroid dienone is 1. The second kappa shape index (κ2) is 10.4. The van der Waals surface area contributed by atoms with Crippen molar-refractivity contribution in [3.8, 4) is 5.75 Å². The van der Waals surface area contributed by atoms with Gasteiger partial charge in [0.05, 0.1) is 6.10 Å². The molecule has 4 heteroatoms. The van der Waals surface area contributed by atoms with Crippen LogP contribution >= 0.6 is 0 Å². The van der Waals surface area contributed by atoms with Gasteiger partial charge >= 0.3 is 5.97 Å². The predicted molar refractivity (Wildman–Crippen MR) is 103 cm³/mol. The van der Waals surface area contributed by atoms with E-state index in [0.29, 0.717) is 5.75 Å². The molecule has 1 N–H and O–H groups in total. The summed E-state index contributed by atoms with van der Waals surface area (Å²) < 4.78 is 10.6. The van der Waals surface area contributed by atoms with Gasteiger partial charge in [0.1, 0.15) is 12.4 Å². The summed E-state index contributed by atoms with van der Waals surface area (Å²) in [7, 11) is 0. The summed E-state index contributed by atoms with van der Waals surface area (Å²) in [5.41, 5.74) is 1.99. The predicted octanol–water partition coefficient (Wildman–Crippen LogP) is 4.23. The van der Waals surface area contributed by atoms with Crippen molar-refractivity contribution >= 4 is 12.0 Å². The molecule has 4 nitrogen and oxygen atoms in total. The van der Waals surface area contributed by atoms with Gasteiger partial charge in [0.15, 0.2) is 6.61 Å². The summed E-state index contributed by atoms with van der Waals surface area (Å²) >= 11 is 0. The van der Waals surface area contributed by atoms with Crippen LogP contribution in [0.2, 0.25) is 0 Å². The highest BCUT2D eigenvalue weighted by molar-refractivity contribution is 5.71. The van der Waals surface area contributed by atoms with E-state index < -0.39 is 5.97 Å². The lowest BCUT2D eigenvalue weighted by Crippen LogP contribution is -2.14. The van der Waals surface area contributed by atoms with E-state index in [1.54, 1.807) is 6.92 Å². The Bertz CT molecular complexity index is 690. The molecule has 0 saturated carbocycles. The number of esters is 1. The molecule has 0 aliphatic heterocycles. The van der Waals surface area contributed by atoms with E-state index in [1.165, 1.54) is 0 Å². The van der Waals surface area contributed by atoms with Gasteiger partial charge in [-0.05, 0) is 42.5 Å². The molecule has 2 aromatic carbocycles. The summed E-state index contributed by atoms with van der Waals surface area (Å²) in [5, 5.41) is 9.47. The first-order valence-corrected chi connectivity index (χ1v) is 8.81. The maximum Gasteiger partial charge on any atom is 0.344 e. The molecule has 2 atom stereocenters. The number of carbonyl (C=O) groups is 1. The summed E-state index contributed by atoms with van der Waals surface area (Å²) in [6.07, 6.45) is 4.57. The molecule has 138 valence electrons. The quantitative estimate of drug-likeness (QED) is 0.685. The fourth-order valence-electron chi connectivity index (χ4n) is 2.21. The van der Waals surface area contributed by atoms with Crippen LogP contribution in [0.4, 0.5) is 0 Å². The maximum atomic E-state index is 11.7. The van der Waals surface area contributed by atoms with Crippen LogP contribution in [-0.2, 0) is 16.1 Å². The van der Waals surface area contributed by atoms with Gasteiger partial charge in [-0.1, -0.05) is 61.5 Å². The van der Waals surface area contributed by atoms with Crippen molar-refractivity contribution in [3.63, 3.8) is 0 Å². The lowest BCUT2D eigenvalue weighted by molar-refractivity contribution is -0.147. The molecule has 0 aliphatic carbocycles. The zero-order valence-corrected chi connectivity index (χ0v) is 15.3. The fraction of sp³-hybridized carbons (Fsp3) is 0.318. The number of benzene rings is 2. The highest BCUT2D eigenvalue weighted by Crippen LogP contribution is 2.15. The third-order valence-corrected chi connectivity index (χ3v) is 4.12. The zero-order valence-electron chi connectivity index (χ0n) is 15.3. The highest BCUT2D eigenvalue weighted by atomic mass is 16.6. The minimum absolute atomic E-state index is 0.117. The van der Waals surface area contributed by atoms with E-state index >= 15 is 0 Å². The van der Waals surface area contributed by atoms with E-state index in [-0.39, 0.29) is 25.2 Å². The molecule has 0 fully saturated rings. The first-order chi connectivity index (χ1) is 12.5. The number of hydrogen-bond acceptors (Lipinski definition) is 4. The topological polar surface area (TPSA) is 55.8 Å². The minimum atomic E-state index is -0.398. The number of ether oxygens (including phenoxy) is 2. The Morgan fingerprint density at radius 2 is 1.77 bits per heavy atom. The molecule has 0 amide bonds. The maximum absolute atomic E-state index is 11.7. The highest BCUT2D eigenvalue weighted by Gasteiger charge is 2.06. The van der Waals surface area contributed by atoms with Crippen LogP contribution < -0.4 is 4.74 Å². The van der Waals surface area contributed by atoms with Gasteiger partial charge in [-0.2, -0.15) is 0 Å². The molecule has 0 spiro atoms. The molecule has 26 heavy (non-hydrogen) atoms. The molecule has 0 heterocycles. The molecule has 0 bridgehead atoms. The van der Waals surface area contributed by atoms with Gasteiger partial charge in [-0.3, -0.25) is 0 Å². The Balaban J connectivity index is 1.73. The van der Waals surface area contributed by atoms with Crippen LogP contribution in [0.15, 0.2) is 60.7 Å². The van der Waals surface area contributed by atoms with Crippen LogP contribution in [-0.4, -0.2) is 23.8 Å². The average molecular weight is 354 g/mol. The zero-order chi connectivity index (χ0) is 18.8. The Morgan fingerprint density at radius 3 is 2.42 bits per heavy atom. The minimum Gasteiger partial charge on any atom is -0.482 e. The standard InChI is InChI=1S/C22H26O4/c1-17(18(2)23)7-6-10-19-11-13-21(14-12-19)25-16-22(24)26-15-20-8-4-3-5-9-20/h3-6,8-14,17-18,23H,7,15-16H2,1-2H3/b10-6+/t17-,18+/m1/s1. The van der Waals surface area contributed by atoms with Crippen molar-refractivity contribution in [2.75, 3.05) is 6.61 Å². The summed E-state index contributed by atoms with van der Waals surface area (Å²) in [4.78, 5) is 11.7. The number of aliphatic hydroxyl groups excluding tert-OH is 1. The monoisotopic (exact) mass is 354 g/mol. The lowest BCUT2D eigenvalue weighted by atomic mass is 10.0. The van der Waals surface area contributed by atoms with Crippen molar-refractivity contribution < 1.29 is 19.4 Å². The number of rotatable bonds is 9. The van der Waals surface area contributed by atoms with E-state index in [9.17, 15) is 9.90 Å². The van der Waals surface area contributed by atoms with Crippen molar-refractivity contribution in [3.05, 3.63) is 71.8 Å². The molecule has 0 saturated heterocycles. The largest absolute Gasteiger partial charge is 0.482 e. The van der Waals surface area contributed by atoms with E-state index in [2.05, 4.69) is 0 Å². The third-order valence-electron chi connectivity index (χ3n) is 4.12. The van der Waals surface area contributed by atoms with Crippen molar-refractivity contribution in [2.45, 2.75) is 33.0 Å². The molecular formula is C22H26O4. The summed E-state index contributed by atoms with van der Waals surface area (Å²) in [6, 6.07) is 17.0. The van der Waals surface area contributed by atoms with Crippen molar-refractivity contribution in [2.24, 2.45) is 5.92 Å². The molecule has 2 aromatic rings. The molecule has 0 aliphatic rings. The Kier molecular flexibility index (Phi) is 7.90. The Labute approximate surface area is 155 Å². The second-order valence-electron chi connectivity index (χ2n) is 6.36. The van der Waals surface area contributed by atoms with Gasteiger partial charge in [0.25, 0.3) is 0 Å². The summed E-state index contributed by atoms with van der Waals surface area (Å²) in [6.45, 7) is 3.95. The first kappa shape index (κ1) is 19.7. The number of hydrogen-bond donors (Lipinski definition) is 1. The Morgan fingerprint density at radius 1 is 1.08 bits per heavy atom. The third kappa shape index (κ3) is 7.11. The van der Waals surface area contributed by atoms with Gasteiger partial charge in [0.2, 0.25) is 0 Å². The molecule has 0 radical (unpaired) electrons. The van der Waals surface area contributed by atoms with Crippen molar-refractivity contribution in [1.82, 2.24) is 0 Å². The van der Waals surface area contributed by atoms with Crippen LogP contribution in [0, 0.1) is 5.92 Å². The lowest BCUT2D eigenvalue weighted by Gasteiger charge is -2.11. The average Bonchev–Trinajstić information content (AvgIpc) is 2.66. The number of aliphatic hydroxyl groups is 1. The molecule has 0 unspecified atom stereocenters. The second-order valence-corrected chi connectivity index (χ2v) is 6.36. The van der Waals surface area contributed by atoms with Crippen LogP contribution in [0.3, 0.4) is 0 Å². The fourth-order valence-corrected chi connectivity index (χ4v) is 2.21. The Hall–Kier alpha value is -2.59. The number of carbonyl (C=O) groups excluding carboxylic acids is 1. The van der Waals surface area contributed by atoms with Crippen LogP contribution in [0.25, 0.3) is 6.08 Å². The van der Waals surface area contributed by atoms with Crippen LogP contribution in [0.1, 0.15) is 31.4 Å². The molecular weight excluding hydrogens is 328 g/mol. The normalized spacial score (nSPS) is 13.3. The smallest absolute Gasteiger partial charge is 0.344 e. The van der Waals surface area contributed by atoms with Gasteiger partial charge in [0, 0.05) is 0 Å². The molecule has 0 aromatic heterocycles.